The molecular weight excluding hydrogens is 536 g/mol. The summed E-state index contributed by atoms with van der Waals surface area (Å²) < 4.78 is 3.52. The van der Waals surface area contributed by atoms with Gasteiger partial charge in [0.2, 0.25) is 0 Å². The average Bonchev–Trinajstić information content (AvgIpc) is 3.51. The summed E-state index contributed by atoms with van der Waals surface area (Å²) in [5.74, 6) is -0.0928. The monoisotopic (exact) mass is 562 g/mol. The fourth-order valence-corrected chi connectivity index (χ4v) is 7.00. The van der Waals surface area contributed by atoms with Crippen molar-refractivity contribution in [1.29, 1.82) is 0 Å². The molecule has 0 saturated heterocycles. The first-order valence-electron chi connectivity index (χ1n) is 14.7. The minimum atomic E-state index is -0.0995. The molecule has 0 unspecified atom stereocenters. The van der Waals surface area contributed by atoms with Gasteiger partial charge in [0.05, 0.1) is 22.5 Å². The van der Waals surface area contributed by atoms with E-state index in [4.69, 9.17) is 0 Å². The summed E-state index contributed by atoms with van der Waals surface area (Å²) in [6, 6.07) is 29.6. The Kier molecular flexibility index (Phi) is 5.66. The topological polar surface area (TPSA) is 78.1 Å². The molecular formula is C37H26N2O4. The van der Waals surface area contributed by atoms with Crippen LogP contribution in [0.4, 0.5) is 0 Å². The molecule has 0 amide bonds. The maximum absolute atomic E-state index is 13.7. The number of nitrogens with zero attached hydrogens (tertiary/aromatic N) is 2. The molecule has 4 aromatic carbocycles. The number of unbranched alkanes of at least 4 members (excludes halogenated alkanes) is 2. The summed E-state index contributed by atoms with van der Waals surface area (Å²) in [4.78, 5) is 54.3. The van der Waals surface area contributed by atoms with Gasteiger partial charge in [0.15, 0.2) is 11.6 Å². The predicted octanol–water partition coefficient (Wildman–Crippen LogP) is 6.61. The first kappa shape index (κ1) is 25.4. The fourth-order valence-electron chi connectivity index (χ4n) is 7.00. The number of rotatable bonds is 6. The van der Waals surface area contributed by atoms with Gasteiger partial charge in [-0.25, -0.2) is 0 Å². The quantitative estimate of drug-likeness (QED) is 0.214. The molecule has 2 aromatic heterocycles. The zero-order valence-electron chi connectivity index (χ0n) is 23.3. The van der Waals surface area contributed by atoms with Crippen LogP contribution in [-0.2, 0) is 13.1 Å². The van der Waals surface area contributed by atoms with Gasteiger partial charge in [-0.3, -0.25) is 19.2 Å². The minimum absolute atomic E-state index is 0.0464. The van der Waals surface area contributed by atoms with Crippen LogP contribution in [0.3, 0.4) is 0 Å². The van der Waals surface area contributed by atoms with E-state index >= 15 is 0 Å². The van der Waals surface area contributed by atoms with Crippen molar-refractivity contribution >= 4 is 33.1 Å². The van der Waals surface area contributed by atoms with Crippen LogP contribution in [-0.4, -0.2) is 20.7 Å². The second kappa shape index (κ2) is 9.60. The molecule has 0 aliphatic heterocycles. The van der Waals surface area contributed by atoms with Crippen molar-refractivity contribution < 1.29 is 9.59 Å². The van der Waals surface area contributed by atoms with E-state index < -0.39 is 0 Å². The lowest BCUT2D eigenvalue weighted by molar-refractivity contribution is 0.103. The van der Waals surface area contributed by atoms with E-state index in [9.17, 15) is 19.2 Å². The lowest BCUT2D eigenvalue weighted by Crippen LogP contribution is -2.24. The van der Waals surface area contributed by atoms with E-state index in [-0.39, 0.29) is 22.7 Å². The first-order chi connectivity index (χ1) is 21.1. The molecule has 0 bridgehead atoms. The third-order valence-electron chi connectivity index (χ3n) is 8.93. The maximum Gasteiger partial charge on any atom is 0.258 e. The number of fused-ring (bicyclic) bond motifs is 10. The number of hydrogen-bond acceptors (Lipinski definition) is 4. The van der Waals surface area contributed by atoms with E-state index in [1.807, 2.05) is 84.9 Å². The molecule has 6 aromatic rings. The van der Waals surface area contributed by atoms with Crippen molar-refractivity contribution in [2.24, 2.45) is 0 Å². The van der Waals surface area contributed by atoms with Crippen LogP contribution in [0.5, 0.6) is 0 Å². The standard InChI is InChI=1S/C37H26N2O4/c40-34-26-16-6-4-14-24(26)32-30(34)22-12-2-8-18-28(22)36(42)38(32)20-10-1-11-21-39-33-25-15-5-7-17-27(25)35(41)31(33)23-13-3-9-19-29(23)37(39)43/h2-9,12-19H,1,10-11,20-21H2. The highest BCUT2D eigenvalue weighted by Gasteiger charge is 2.33. The van der Waals surface area contributed by atoms with Gasteiger partial charge < -0.3 is 9.13 Å². The molecule has 0 N–H and O–H groups in total. The zero-order chi connectivity index (χ0) is 29.2. The predicted molar refractivity (Wildman–Crippen MR) is 168 cm³/mol. The molecule has 0 spiro atoms. The number of ketones is 2. The Bertz CT molecular complexity index is 2140. The van der Waals surface area contributed by atoms with Gasteiger partial charge in [0.1, 0.15) is 0 Å². The van der Waals surface area contributed by atoms with Crippen LogP contribution < -0.4 is 11.1 Å². The van der Waals surface area contributed by atoms with Crippen LogP contribution in [0, 0.1) is 0 Å². The van der Waals surface area contributed by atoms with Crippen LogP contribution in [0.25, 0.3) is 44.1 Å². The molecule has 2 aliphatic carbocycles. The number of carbonyl (C=O) groups excluding carboxylic acids is 2. The number of pyridine rings is 2. The second-order valence-electron chi connectivity index (χ2n) is 11.3. The minimum Gasteiger partial charge on any atom is -0.307 e. The van der Waals surface area contributed by atoms with Crippen molar-refractivity contribution in [3.05, 3.63) is 140 Å². The first-order valence-corrected chi connectivity index (χ1v) is 14.7. The van der Waals surface area contributed by atoms with Gasteiger partial charge in [-0.05, 0) is 31.4 Å². The Balaban J connectivity index is 1.12. The van der Waals surface area contributed by atoms with Crippen LogP contribution in [0.1, 0.15) is 51.1 Å². The Morgan fingerprint density at radius 1 is 0.395 bits per heavy atom. The summed E-state index contributed by atoms with van der Waals surface area (Å²) in [7, 11) is 0. The molecule has 6 nitrogen and oxygen atoms in total. The normalized spacial score (nSPS) is 12.9. The molecule has 0 saturated carbocycles. The Labute approximate surface area is 246 Å². The molecule has 0 radical (unpaired) electrons. The van der Waals surface area contributed by atoms with E-state index in [1.165, 1.54) is 0 Å². The second-order valence-corrected chi connectivity index (χ2v) is 11.3. The average molecular weight is 563 g/mol. The van der Waals surface area contributed by atoms with Crippen molar-refractivity contribution in [2.75, 3.05) is 0 Å². The molecule has 8 rings (SSSR count). The Morgan fingerprint density at radius 3 is 1.16 bits per heavy atom. The van der Waals surface area contributed by atoms with Crippen LogP contribution in [0.15, 0.2) is 107 Å². The van der Waals surface area contributed by atoms with Gasteiger partial charge in [-0.1, -0.05) is 84.9 Å². The lowest BCUT2D eigenvalue weighted by atomic mass is 10.0. The smallest absolute Gasteiger partial charge is 0.258 e. The highest BCUT2D eigenvalue weighted by molar-refractivity contribution is 6.27. The van der Waals surface area contributed by atoms with E-state index in [2.05, 4.69) is 0 Å². The van der Waals surface area contributed by atoms with Gasteiger partial charge >= 0.3 is 0 Å². The summed E-state index contributed by atoms with van der Waals surface area (Å²) in [6.07, 6.45) is 2.15. The molecule has 6 heteroatoms. The Hall–Kier alpha value is -5.36. The highest BCUT2D eigenvalue weighted by Crippen LogP contribution is 2.40. The van der Waals surface area contributed by atoms with Gasteiger partial charge in [0.25, 0.3) is 11.1 Å². The molecule has 0 fully saturated rings. The van der Waals surface area contributed by atoms with Crippen molar-refractivity contribution in [2.45, 2.75) is 32.4 Å². The summed E-state index contributed by atoms with van der Waals surface area (Å²) in [6.45, 7) is 0.916. The van der Waals surface area contributed by atoms with E-state index in [1.54, 1.807) is 21.3 Å². The summed E-state index contributed by atoms with van der Waals surface area (Å²) in [5.41, 5.74) is 5.23. The molecule has 2 aliphatic rings. The van der Waals surface area contributed by atoms with E-state index in [0.29, 0.717) is 81.1 Å². The summed E-state index contributed by atoms with van der Waals surface area (Å²) >= 11 is 0. The van der Waals surface area contributed by atoms with Crippen molar-refractivity contribution in [3.63, 3.8) is 0 Å². The van der Waals surface area contributed by atoms with Gasteiger partial charge in [-0.2, -0.15) is 0 Å². The number of benzene rings is 4. The third kappa shape index (κ3) is 3.59. The van der Waals surface area contributed by atoms with Crippen LogP contribution >= 0.6 is 0 Å². The number of carbonyl (C=O) groups is 2. The lowest BCUT2D eigenvalue weighted by Gasteiger charge is -2.16. The number of aromatic nitrogens is 2. The summed E-state index contributed by atoms with van der Waals surface area (Å²) in [5, 5.41) is 2.48. The molecule has 0 atom stereocenters. The van der Waals surface area contributed by atoms with Crippen LogP contribution in [0.2, 0.25) is 0 Å². The molecule has 43 heavy (non-hydrogen) atoms. The number of hydrogen-bond donors (Lipinski definition) is 0. The largest absolute Gasteiger partial charge is 0.307 e. The van der Waals surface area contributed by atoms with E-state index in [0.717, 1.165) is 17.5 Å². The fraction of sp³-hybridized carbons (Fsp3) is 0.135. The van der Waals surface area contributed by atoms with Crippen molar-refractivity contribution in [3.8, 4) is 22.5 Å². The van der Waals surface area contributed by atoms with Gasteiger partial charge in [-0.15, -0.1) is 0 Å². The zero-order valence-corrected chi connectivity index (χ0v) is 23.3. The highest BCUT2D eigenvalue weighted by atomic mass is 16.1. The third-order valence-corrected chi connectivity index (χ3v) is 8.93. The van der Waals surface area contributed by atoms with Gasteiger partial charge in [0, 0.05) is 56.9 Å². The molecule has 2 heterocycles. The SMILES string of the molecule is O=C1c2ccccc2-c2c1c1ccccc1c(=O)n2CCCCCn1c2c(c3ccccc3c1=O)C(=O)c1ccccc1-2. The maximum atomic E-state index is 13.7. The Morgan fingerprint density at radius 2 is 0.744 bits per heavy atom. The molecule has 208 valence electrons. The van der Waals surface area contributed by atoms with Crippen molar-refractivity contribution in [1.82, 2.24) is 9.13 Å².